The molecule has 1 heterocycles. The Bertz CT molecular complexity index is 325. The maximum Gasteiger partial charge on any atom is 0.0894 e. The molecule has 0 radical (unpaired) electrons. The number of hydrogen-bond acceptors (Lipinski definition) is 3. The van der Waals surface area contributed by atoms with Gasteiger partial charge in [0.25, 0.3) is 0 Å². The average Bonchev–Trinajstić information content (AvgIpc) is 2.48. The first kappa shape index (κ1) is 10.6. The van der Waals surface area contributed by atoms with Crippen LogP contribution in [-0.4, -0.2) is 6.54 Å². The van der Waals surface area contributed by atoms with Gasteiger partial charge in [-0.2, -0.15) is 5.26 Å². The van der Waals surface area contributed by atoms with Crippen LogP contribution in [0, 0.1) is 16.7 Å². The van der Waals surface area contributed by atoms with Gasteiger partial charge in [0.2, 0.25) is 0 Å². The molecular formula is C9H11BrN2S. The molecule has 13 heavy (non-hydrogen) atoms. The Hall–Kier alpha value is -0.530. The van der Waals surface area contributed by atoms with Crippen molar-refractivity contribution >= 4 is 32.3 Å². The molecule has 0 fully saturated rings. The summed E-state index contributed by atoms with van der Waals surface area (Å²) in [5.74, 6) is 0. The van der Waals surface area contributed by atoms with Gasteiger partial charge < -0.3 is 5.32 Å². The first-order valence-corrected chi connectivity index (χ1v) is 5.55. The zero-order chi connectivity index (χ0) is 9.90. The number of hydrogen-bond donors (Lipinski definition) is 1. The third kappa shape index (κ3) is 3.37. The van der Waals surface area contributed by atoms with Gasteiger partial charge in [0.15, 0.2) is 0 Å². The maximum atomic E-state index is 8.78. The van der Waals surface area contributed by atoms with Gasteiger partial charge in [0, 0.05) is 6.54 Å². The van der Waals surface area contributed by atoms with Gasteiger partial charge in [-0.1, -0.05) is 0 Å². The molecule has 0 aliphatic carbocycles. The smallest absolute Gasteiger partial charge is 0.0894 e. The molecule has 0 amide bonds. The predicted molar refractivity (Wildman–Crippen MR) is 59.9 cm³/mol. The SMILES string of the molecule is CC(C)(C#N)CNc1ccc(Br)s1. The van der Waals surface area contributed by atoms with Crippen molar-refractivity contribution in [1.82, 2.24) is 0 Å². The van der Waals surface area contributed by atoms with Gasteiger partial charge in [-0.3, -0.25) is 0 Å². The van der Waals surface area contributed by atoms with Crippen molar-refractivity contribution in [2.24, 2.45) is 5.41 Å². The fourth-order valence-corrected chi connectivity index (χ4v) is 2.04. The van der Waals surface area contributed by atoms with Crippen molar-refractivity contribution in [3.8, 4) is 6.07 Å². The van der Waals surface area contributed by atoms with E-state index < -0.39 is 0 Å². The summed E-state index contributed by atoms with van der Waals surface area (Å²) in [4.78, 5) is 0. The molecule has 1 aromatic rings. The predicted octanol–water partition coefficient (Wildman–Crippen LogP) is 3.47. The highest BCUT2D eigenvalue weighted by atomic mass is 79.9. The van der Waals surface area contributed by atoms with Crippen LogP contribution in [0.5, 0.6) is 0 Å². The average molecular weight is 259 g/mol. The molecule has 0 aliphatic heterocycles. The summed E-state index contributed by atoms with van der Waals surface area (Å²) in [5.41, 5.74) is -0.309. The third-order valence-electron chi connectivity index (χ3n) is 1.58. The molecule has 0 saturated carbocycles. The molecule has 2 nitrogen and oxygen atoms in total. The van der Waals surface area contributed by atoms with Gasteiger partial charge >= 0.3 is 0 Å². The summed E-state index contributed by atoms with van der Waals surface area (Å²) in [5, 5.41) is 13.1. The largest absolute Gasteiger partial charge is 0.375 e. The van der Waals surface area contributed by atoms with E-state index in [1.165, 1.54) is 0 Å². The van der Waals surface area contributed by atoms with Gasteiger partial charge in [-0.05, 0) is 41.9 Å². The number of nitriles is 1. The van der Waals surface area contributed by atoms with E-state index in [9.17, 15) is 0 Å². The van der Waals surface area contributed by atoms with Crippen LogP contribution in [0.1, 0.15) is 13.8 Å². The number of nitrogens with one attached hydrogen (secondary N) is 1. The van der Waals surface area contributed by atoms with Crippen molar-refractivity contribution in [3.05, 3.63) is 15.9 Å². The molecule has 0 spiro atoms. The third-order valence-corrected chi connectivity index (χ3v) is 3.16. The molecule has 1 N–H and O–H groups in total. The quantitative estimate of drug-likeness (QED) is 0.902. The number of rotatable bonds is 3. The van der Waals surface area contributed by atoms with E-state index in [1.807, 2.05) is 26.0 Å². The molecule has 70 valence electrons. The van der Waals surface area contributed by atoms with Gasteiger partial charge in [-0.15, -0.1) is 11.3 Å². The van der Waals surface area contributed by atoms with Crippen LogP contribution >= 0.6 is 27.3 Å². The Morgan fingerprint density at radius 1 is 1.62 bits per heavy atom. The second kappa shape index (κ2) is 4.12. The molecule has 0 atom stereocenters. The van der Waals surface area contributed by atoms with Crippen LogP contribution in [0.25, 0.3) is 0 Å². The number of halogens is 1. The Balaban J connectivity index is 2.49. The van der Waals surface area contributed by atoms with Gasteiger partial charge in [0.05, 0.1) is 20.3 Å². The summed E-state index contributed by atoms with van der Waals surface area (Å²) in [6, 6.07) is 6.24. The maximum absolute atomic E-state index is 8.78. The van der Waals surface area contributed by atoms with E-state index in [1.54, 1.807) is 11.3 Å². The zero-order valence-electron chi connectivity index (χ0n) is 7.60. The van der Waals surface area contributed by atoms with Crippen molar-refractivity contribution < 1.29 is 0 Å². The number of thiophene rings is 1. The van der Waals surface area contributed by atoms with E-state index >= 15 is 0 Å². The highest BCUT2D eigenvalue weighted by Crippen LogP contribution is 2.27. The fourth-order valence-electron chi connectivity index (χ4n) is 0.757. The van der Waals surface area contributed by atoms with Crippen molar-refractivity contribution in [1.29, 1.82) is 5.26 Å². The highest BCUT2D eigenvalue weighted by Gasteiger charge is 2.16. The summed E-state index contributed by atoms with van der Waals surface area (Å²) in [6.07, 6.45) is 0. The lowest BCUT2D eigenvalue weighted by Crippen LogP contribution is -2.20. The number of nitrogens with zero attached hydrogens (tertiary/aromatic N) is 1. The lowest BCUT2D eigenvalue weighted by atomic mass is 9.96. The molecule has 0 unspecified atom stereocenters. The fraction of sp³-hybridized carbons (Fsp3) is 0.444. The second-order valence-electron chi connectivity index (χ2n) is 3.45. The van der Waals surface area contributed by atoms with Crippen molar-refractivity contribution in [2.45, 2.75) is 13.8 Å². The first-order chi connectivity index (χ1) is 6.03. The molecule has 0 aromatic carbocycles. The lowest BCUT2D eigenvalue weighted by Gasteiger charge is -2.15. The molecule has 1 aromatic heterocycles. The molecule has 1 rings (SSSR count). The van der Waals surface area contributed by atoms with Crippen LogP contribution in [-0.2, 0) is 0 Å². The van der Waals surface area contributed by atoms with Gasteiger partial charge in [-0.25, -0.2) is 0 Å². The van der Waals surface area contributed by atoms with Crippen molar-refractivity contribution in [3.63, 3.8) is 0 Å². The van der Waals surface area contributed by atoms with E-state index in [4.69, 9.17) is 5.26 Å². The Morgan fingerprint density at radius 3 is 2.77 bits per heavy atom. The second-order valence-corrected chi connectivity index (χ2v) is 5.92. The van der Waals surface area contributed by atoms with Crippen LogP contribution in [0.3, 0.4) is 0 Å². The van der Waals surface area contributed by atoms with E-state index in [0.717, 1.165) is 8.79 Å². The molecule has 0 bridgehead atoms. The first-order valence-electron chi connectivity index (χ1n) is 3.94. The lowest BCUT2D eigenvalue weighted by molar-refractivity contribution is 0.529. The van der Waals surface area contributed by atoms with Crippen LogP contribution < -0.4 is 5.32 Å². The van der Waals surface area contributed by atoms with E-state index in [-0.39, 0.29) is 5.41 Å². The normalized spacial score (nSPS) is 10.9. The topological polar surface area (TPSA) is 35.8 Å². The monoisotopic (exact) mass is 258 g/mol. The Morgan fingerprint density at radius 2 is 2.31 bits per heavy atom. The summed E-state index contributed by atoms with van der Waals surface area (Å²) in [6.45, 7) is 4.52. The Labute approximate surface area is 90.7 Å². The molecule has 4 heteroatoms. The van der Waals surface area contributed by atoms with E-state index in [0.29, 0.717) is 6.54 Å². The minimum Gasteiger partial charge on any atom is -0.375 e. The summed E-state index contributed by atoms with van der Waals surface area (Å²) in [7, 11) is 0. The van der Waals surface area contributed by atoms with Crippen LogP contribution in [0.15, 0.2) is 15.9 Å². The molecule has 0 saturated heterocycles. The van der Waals surface area contributed by atoms with Crippen LogP contribution in [0.2, 0.25) is 0 Å². The van der Waals surface area contributed by atoms with Gasteiger partial charge in [0.1, 0.15) is 0 Å². The number of anilines is 1. The zero-order valence-corrected chi connectivity index (χ0v) is 10.00. The summed E-state index contributed by atoms with van der Waals surface area (Å²) < 4.78 is 1.10. The van der Waals surface area contributed by atoms with Crippen molar-refractivity contribution in [2.75, 3.05) is 11.9 Å². The highest BCUT2D eigenvalue weighted by molar-refractivity contribution is 9.11. The standard InChI is InChI=1S/C9H11BrN2S/c1-9(2,5-11)6-12-8-4-3-7(10)13-8/h3-4,12H,6H2,1-2H3. The van der Waals surface area contributed by atoms with Crippen LogP contribution in [0.4, 0.5) is 5.00 Å². The molecular weight excluding hydrogens is 248 g/mol. The van der Waals surface area contributed by atoms with E-state index in [2.05, 4.69) is 27.3 Å². The molecule has 0 aliphatic rings. The minimum atomic E-state index is -0.309. The summed E-state index contributed by atoms with van der Waals surface area (Å²) >= 11 is 5.02. The minimum absolute atomic E-state index is 0.309. The Kier molecular flexibility index (Phi) is 3.34.